The lowest BCUT2D eigenvalue weighted by Crippen LogP contribution is -2.22. The Labute approximate surface area is 362 Å². The van der Waals surface area contributed by atoms with Crippen molar-refractivity contribution in [2.24, 2.45) is 0 Å². The van der Waals surface area contributed by atoms with Crippen LogP contribution in [-0.2, 0) is 0 Å². The fourth-order valence-electron chi connectivity index (χ4n) is 8.61. The number of nitrogens with zero attached hydrogens (tertiary/aromatic N) is 4. The third-order valence-electron chi connectivity index (χ3n) is 11.5. The van der Waals surface area contributed by atoms with E-state index in [1.807, 2.05) is 0 Å². The Balaban J connectivity index is 1.13. The Hall–Kier alpha value is -7.30. The number of para-hydroxylation sites is 2. The van der Waals surface area contributed by atoms with Crippen molar-refractivity contribution in [1.29, 1.82) is 0 Å². The smallest absolute Gasteiger partial charge is 0.0464 e. The van der Waals surface area contributed by atoms with Gasteiger partial charge in [0.25, 0.3) is 0 Å². The van der Waals surface area contributed by atoms with E-state index in [0.29, 0.717) is 0 Å². The van der Waals surface area contributed by atoms with Gasteiger partial charge in [-0.1, -0.05) is 84.9 Å². The van der Waals surface area contributed by atoms with Gasteiger partial charge >= 0.3 is 0 Å². The Bertz CT molecular complexity index is 2730. The summed E-state index contributed by atoms with van der Waals surface area (Å²) in [5, 5.41) is 0. The molecule has 2 aliphatic carbocycles. The maximum Gasteiger partial charge on any atom is 0.0464 e. The fraction of sp³-hybridized carbons (Fsp3) is 0.123. The van der Waals surface area contributed by atoms with Gasteiger partial charge in [-0.05, 0) is 191 Å². The molecular formula is C57H52N4. The SMILES string of the molecule is Cc1cccc(N(C2=CC=CCC2)c2ccc(N(C3=CC=C(N(c4ccccc4)c4cccc(C)c4)CC3)c3ccc(N(c4ccccc4)c4cccc(C)c4)cc3)cc2)c1. The molecule has 9 rings (SSSR count). The Morgan fingerprint density at radius 1 is 0.295 bits per heavy atom. The second-order valence-electron chi connectivity index (χ2n) is 16.0. The molecule has 0 bridgehead atoms. The number of allylic oxidation sites excluding steroid dienone is 8. The van der Waals surface area contributed by atoms with E-state index in [9.17, 15) is 0 Å². The number of anilines is 9. The van der Waals surface area contributed by atoms with Crippen LogP contribution in [0.15, 0.2) is 229 Å². The van der Waals surface area contributed by atoms with Crippen molar-refractivity contribution in [3.8, 4) is 0 Å². The highest BCUT2D eigenvalue weighted by molar-refractivity contribution is 5.80. The van der Waals surface area contributed by atoms with Crippen LogP contribution in [0.4, 0.5) is 51.2 Å². The van der Waals surface area contributed by atoms with Gasteiger partial charge in [0.1, 0.15) is 0 Å². The number of benzene rings is 7. The van der Waals surface area contributed by atoms with E-state index in [1.54, 1.807) is 0 Å². The first-order valence-corrected chi connectivity index (χ1v) is 21.4. The first-order chi connectivity index (χ1) is 30.0. The second-order valence-corrected chi connectivity index (χ2v) is 16.0. The molecule has 7 aromatic carbocycles. The van der Waals surface area contributed by atoms with Crippen molar-refractivity contribution in [2.45, 2.75) is 46.5 Å². The summed E-state index contributed by atoms with van der Waals surface area (Å²) < 4.78 is 0. The van der Waals surface area contributed by atoms with Crippen LogP contribution in [0.5, 0.6) is 0 Å². The average Bonchev–Trinajstić information content (AvgIpc) is 3.30. The lowest BCUT2D eigenvalue weighted by atomic mass is 10.0. The van der Waals surface area contributed by atoms with Crippen LogP contribution >= 0.6 is 0 Å². The highest BCUT2D eigenvalue weighted by Crippen LogP contribution is 2.42. The molecule has 0 radical (unpaired) electrons. The molecule has 0 saturated heterocycles. The molecule has 0 N–H and O–H groups in total. The maximum atomic E-state index is 2.44. The number of hydrogen-bond acceptors (Lipinski definition) is 4. The average molecular weight is 793 g/mol. The molecule has 300 valence electrons. The van der Waals surface area contributed by atoms with Gasteiger partial charge in [-0.25, -0.2) is 0 Å². The first-order valence-electron chi connectivity index (χ1n) is 21.4. The van der Waals surface area contributed by atoms with E-state index < -0.39 is 0 Å². The molecule has 0 heterocycles. The largest absolute Gasteiger partial charge is 0.314 e. The minimum atomic E-state index is 0.874. The zero-order valence-corrected chi connectivity index (χ0v) is 35.3. The number of aryl methyl sites for hydroxylation is 3. The lowest BCUT2D eigenvalue weighted by molar-refractivity contribution is 0.850. The van der Waals surface area contributed by atoms with E-state index in [1.165, 1.54) is 45.2 Å². The summed E-state index contributed by atoms with van der Waals surface area (Å²) >= 11 is 0. The summed E-state index contributed by atoms with van der Waals surface area (Å²) in [6.07, 6.45) is 15.1. The quantitative estimate of drug-likeness (QED) is 0.122. The maximum absolute atomic E-state index is 2.44. The molecule has 4 heteroatoms. The molecule has 0 fully saturated rings. The van der Waals surface area contributed by atoms with E-state index >= 15 is 0 Å². The molecule has 0 aromatic heterocycles. The third kappa shape index (κ3) is 8.71. The second kappa shape index (κ2) is 17.9. The highest BCUT2D eigenvalue weighted by atomic mass is 15.2. The number of hydrogen-bond donors (Lipinski definition) is 0. The molecule has 0 saturated carbocycles. The Morgan fingerprint density at radius 3 is 1.00 bits per heavy atom. The minimum Gasteiger partial charge on any atom is -0.314 e. The number of rotatable bonds is 12. The van der Waals surface area contributed by atoms with Crippen molar-refractivity contribution in [2.75, 3.05) is 19.6 Å². The van der Waals surface area contributed by atoms with E-state index in [4.69, 9.17) is 0 Å². The Morgan fingerprint density at radius 2 is 0.623 bits per heavy atom. The molecule has 0 aliphatic heterocycles. The molecule has 0 atom stereocenters. The molecule has 4 nitrogen and oxygen atoms in total. The zero-order chi connectivity index (χ0) is 41.5. The molecule has 61 heavy (non-hydrogen) atoms. The van der Waals surface area contributed by atoms with Crippen molar-refractivity contribution >= 4 is 51.2 Å². The van der Waals surface area contributed by atoms with Crippen LogP contribution in [0.3, 0.4) is 0 Å². The van der Waals surface area contributed by atoms with Crippen molar-refractivity contribution < 1.29 is 0 Å². The predicted octanol–water partition coefficient (Wildman–Crippen LogP) is 16.0. The molecule has 2 aliphatic rings. The normalized spacial score (nSPS) is 13.5. The van der Waals surface area contributed by atoms with Gasteiger partial charge in [0, 0.05) is 68.3 Å². The highest BCUT2D eigenvalue weighted by Gasteiger charge is 2.23. The molecular weight excluding hydrogens is 741 g/mol. The lowest BCUT2D eigenvalue weighted by Gasteiger charge is -2.34. The van der Waals surface area contributed by atoms with E-state index in [2.05, 4.69) is 253 Å². The summed E-state index contributed by atoms with van der Waals surface area (Å²) in [7, 11) is 0. The summed E-state index contributed by atoms with van der Waals surface area (Å²) in [6, 6.07) is 65.9. The van der Waals surface area contributed by atoms with Gasteiger partial charge in [-0.3, -0.25) is 0 Å². The zero-order valence-electron chi connectivity index (χ0n) is 35.3. The van der Waals surface area contributed by atoms with Gasteiger partial charge < -0.3 is 19.6 Å². The van der Waals surface area contributed by atoms with Crippen LogP contribution in [0.1, 0.15) is 42.4 Å². The summed E-state index contributed by atoms with van der Waals surface area (Å²) in [5.74, 6) is 0. The van der Waals surface area contributed by atoms with Gasteiger partial charge in [-0.2, -0.15) is 0 Å². The van der Waals surface area contributed by atoms with Gasteiger partial charge in [0.05, 0.1) is 0 Å². The van der Waals surface area contributed by atoms with Crippen LogP contribution in [0.25, 0.3) is 0 Å². The summed E-state index contributed by atoms with van der Waals surface area (Å²) in [6.45, 7) is 6.48. The van der Waals surface area contributed by atoms with Crippen LogP contribution in [0, 0.1) is 20.8 Å². The molecule has 7 aromatic rings. The van der Waals surface area contributed by atoms with Gasteiger partial charge in [0.15, 0.2) is 0 Å². The summed E-state index contributed by atoms with van der Waals surface area (Å²) in [5.41, 5.74) is 17.8. The first kappa shape index (κ1) is 39.2. The van der Waals surface area contributed by atoms with Crippen molar-refractivity contribution in [1.82, 2.24) is 0 Å². The van der Waals surface area contributed by atoms with Crippen LogP contribution < -0.4 is 19.6 Å². The molecule has 0 amide bonds. The van der Waals surface area contributed by atoms with E-state index in [0.717, 1.165) is 65.5 Å². The van der Waals surface area contributed by atoms with Crippen molar-refractivity contribution in [3.63, 3.8) is 0 Å². The predicted molar refractivity (Wildman–Crippen MR) is 259 cm³/mol. The molecule has 0 unspecified atom stereocenters. The molecule has 0 spiro atoms. The van der Waals surface area contributed by atoms with Gasteiger partial charge in [0.2, 0.25) is 0 Å². The minimum absolute atomic E-state index is 0.874. The monoisotopic (exact) mass is 792 g/mol. The fourth-order valence-corrected chi connectivity index (χ4v) is 8.61. The van der Waals surface area contributed by atoms with Crippen molar-refractivity contribution in [3.05, 3.63) is 246 Å². The van der Waals surface area contributed by atoms with Crippen LogP contribution in [-0.4, -0.2) is 0 Å². The third-order valence-corrected chi connectivity index (χ3v) is 11.5. The topological polar surface area (TPSA) is 13.0 Å². The standard InChI is InChI=1S/C57H52N4/c1-43-16-13-25-55(40-43)59(46-19-7-4-8-20-46)52-34-28-49(29-35-52)58(50-30-36-53(37-31-50)60(47-21-9-5-10-22-47)56-26-14-17-44(2)41-56)51-32-38-54(39-33-51)61(48-23-11-6-12-24-48)57-27-15-18-45(3)42-57/h4-11,13-23,25-30,32-36,38-42H,12,24,31,37H2,1-3H3. The summed E-state index contributed by atoms with van der Waals surface area (Å²) in [4.78, 5) is 9.61. The Kier molecular flexibility index (Phi) is 11.5. The van der Waals surface area contributed by atoms with Gasteiger partial charge in [-0.15, -0.1) is 0 Å². The van der Waals surface area contributed by atoms with E-state index in [-0.39, 0.29) is 0 Å². The van der Waals surface area contributed by atoms with Crippen LogP contribution in [0.2, 0.25) is 0 Å².